The summed E-state index contributed by atoms with van der Waals surface area (Å²) in [7, 11) is 3.25. The van der Waals surface area contributed by atoms with Crippen molar-refractivity contribution in [2.75, 3.05) is 45.9 Å². The quantitative estimate of drug-likeness (QED) is 0.595. The lowest BCUT2D eigenvalue weighted by Crippen LogP contribution is -2.54. The third kappa shape index (κ3) is 5.53. The van der Waals surface area contributed by atoms with Crippen molar-refractivity contribution in [2.24, 2.45) is 0 Å². The number of fused-ring (bicyclic) bond motifs is 1. The zero-order valence-electron chi connectivity index (χ0n) is 20.8. The number of urea groups is 1. The third-order valence-electron chi connectivity index (χ3n) is 6.87. The van der Waals surface area contributed by atoms with Gasteiger partial charge in [-0.3, -0.25) is 4.79 Å². The summed E-state index contributed by atoms with van der Waals surface area (Å²) in [5.41, 5.74) is 3.16. The average molecular weight is 498 g/mol. The Balaban J connectivity index is 1.65. The first kappa shape index (κ1) is 25.2. The predicted octanol–water partition coefficient (Wildman–Crippen LogP) is 4.11. The Morgan fingerprint density at radius 1 is 1.06 bits per heavy atom. The molecule has 2 atom stereocenters. The van der Waals surface area contributed by atoms with Crippen molar-refractivity contribution in [3.05, 3.63) is 59.2 Å². The molecule has 2 aliphatic rings. The number of likely N-dealkylation sites (tertiary alicyclic amines) is 1. The standard InChI is InChI=1S/C27H35N3O4S/c1-33-23-17-20-11-15-30(25(19-9-5-4-6-10-19)21(20)18-24(23)34-2)27(32)28-22(12-16-35-3)26(31)29-13-7-8-14-29/h4-6,9-10,17-18,22,25H,7-8,11-16H2,1-3H3,(H,28,32)/t22-,25+/m0/s1. The number of carbonyl (C=O) groups is 2. The Morgan fingerprint density at radius 3 is 2.40 bits per heavy atom. The summed E-state index contributed by atoms with van der Waals surface area (Å²) < 4.78 is 11.1. The van der Waals surface area contributed by atoms with Crippen LogP contribution in [0.2, 0.25) is 0 Å². The Hall–Kier alpha value is -2.87. The van der Waals surface area contributed by atoms with Gasteiger partial charge in [0.05, 0.1) is 20.3 Å². The van der Waals surface area contributed by atoms with Crippen LogP contribution in [-0.2, 0) is 11.2 Å². The van der Waals surface area contributed by atoms with E-state index >= 15 is 0 Å². The van der Waals surface area contributed by atoms with Crippen LogP contribution in [0.5, 0.6) is 11.5 Å². The molecule has 1 N–H and O–H groups in total. The van der Waals surface area contributed by atoms with Crippen LogP contribution in [0.4, 0.5) is 4.79 Å². The second-order valence-corrected chi connectivity index (χ2v) is 9.96. The minimum absolute atomic E-state index is 0.0324. The highest BCUT2D eigenvalue weighted by molar-refractivity contribution is 7.98. The van der Waals surface area contributed by atoms with Crippen molar-refractivity contribution in [2.45, 2.75) is 37.8 Å². The number of carbonyl (C=O) groups excluding carboxylic acids is 2. The summed E-state index contributed by atoms with van der Waals surface area (Å²) in [4.78, 5) is 30.7. The molecule has 0 aliphatic carbocycles. The number of nitrogens with zero attached hydrogens (tertiary/aromatic N) is 2. The largest absolute Gasteiger partial charge is 0.493 e. The normalized spacial score (nSPS) is 18.1. The second-order valence-electron chi connectivity index (χ2n) is 8.98. The number of ether oxygens (including phenoxy) is 2. The van der Waals surface area contributed by atoms with E-state index in [9.17, 15) is 9.59 Å². The Morgan fingerprint density at radius 2 is 1.74 bits per heavy atom. The highest BCUT2D eigenvalue weighted by Crippen LogP contribution is 2.41. The van der Waals surface area contributed by atoms with Crippen molar-refractivity contribution >= 4 is 23.7 Å². The van der Waals surface area contributed by atoms with Crippen LogP contribution >= 0.6 is 11.8 Å². The summed E-state index contributed by atoms with van der Waals surface area (Å²) in [5.74, 6) is 2.16. The molecule has 2 aliphatic heterocycles. The van der Waals surface area contributed by atoms with Crippen LogP contribution in [0.15, 0.2) is 42.5 Å². The van der Waals surface area contributed by atoms with Crippen molar-refractivity contribution in [3.8, 4) is 11.5 Å². The molecule has 0 unspecified atom stereocenters. The molecule has 2 aromatic carbocycles. The van der Waals surface area contributed by atoms with E-state index in [2.05, 4.69) is 5.32 Å². The van der Waals surface area contributed by atoms with Gasteiger partial charge in [-0.05, 0) is 66.5 Å². The lowest BCUT2D eigenvalue weighted by molar-refractivity contribution is -0.132. The summed E-state index contributed by atoms with van der Waals surface area (Å²) in [5, 5.41) is 3.11. The van der Waals surface area contributed by atoms with Gasteiger partial charge in [0, 0.05) is 19.6 Å². The first-order chi connectivity index (χ1) is 17.1. The van der Waals surface area contributed by atoms with Gasteiger partial charge in [-0.1, -0.05) is 30.3 Å². The van der Waals surface area contributed by atoms with E-state index in [-0.39, 0.29) is 18.0 Å². The minimum Gasteiger partial charge on any atom is -0.493 e. The van der Waals surface area contributed by atoms with Gasteiger partial charge in [0.25, 0.3) is 0 Å². The lowest BCUT2D eigenvalue weighted by Gasteiger charge is -2.39. The number of thioether (sulfide) groups is 1. The number of methoxy groups -OCH3 is 2. The highest BCUT2D eigenvalue weighted by atomic mass is 32.2. The number of amides is 3. The van der Waals surface area contributed by atoms with Crippen LogP contribution in [-0.4, -0.2) is 73.6 Å². The molecule has 0 aromatic heterocycles. The summed E-state index contributed by atoms with van der Waals surface area (Å²) >= 11 is 1.69. The van der Waals surface area contributed by atoms with Gasteiger partial charge in [-0.2, -0.15) is 11.8 Å². The molecule has 0 bridgehead atoms. The molecule has 1 saturated heterocycles. The van der Waals surface area contributed by atoms with E-state index in [1.165, 1.54) is 0 Å². The first-order valence-corrected chi connectivity index (χ1v) is 13.6. The maximum Gasteiger partial charge on any atom is 0.318 e. The Labute approximate surface area is 212 Å². The summed E-state index contributed by atoms with van der Waals surface area (Å²) in [6.07, 6.45) is 5.39. The number of hydrogen-bond donors (Lipinski definition) is 1. The molecule has 7 nitrogen and oxygen atoms in total. The zero-order valence-corrected chi connectivity index (χ0v) is 21.6. The third-order valence-corrected chi connectivity index (χ3v) is 7.52. The maximum absolute atomic E-state index is 13.7. The minimum atomic E-state index is -0.517. The van der Waals surface area contributed by atoms with Crippen molar-refractivity contribution in [1.29, 1.82) is 0 Å². The van der Waals surface area contributed by atoms with Gasteiger partial charge >= 0.3 is 6.03 Å². The summed E-state index contributed by atoms with van der Waals surface area (Å²) in [6, 6.07) is 13.0. The van der Waals surface area contributed by atoms with E-state index < -0.39 is 6.04 Å². The van der Waals surface area contributed by atoms with Crippen molar-refractivity contribution < 1.29 is 19.1 Å². The van der Waals surface area contributed by atoms with E-state index in [1.54, 1.807) is 26.0 Å². The van der Waals surface area contributed by atoms with E-state index in [4.69, 9.17) is 9.47 Å². The SMILES string of the molecule is COc1cc2c(cc1OC)[C@@H](c1ccccc1)N(C(=O)N[C@@H](CCSC)C(=O)N1CCCC1)CC2. The number of hydrogen-bond acceptors (Lipinski definition) is 5. The fourth-order valence-corrected chi connectivity index (χ4v) is 5.51. The molecule has 4 rings (SSSR count). The first-order valence-electron chi connectivity index (χ1n) is 12.2. The molecule has 8 heteroatoms. The maximum atomic E-state index is 13.7. The molecule has 3 amide bonds. The number of benzene rings is 2. The van der Waals surface area contributed by atoms with Crippen molar-refractivity contribution in [3.63, 3.8) is 0 Å². The predicted molar refractivity (Wildman–Crippen MR) is 139 cm³/mol. The molecule has 2 aromatic rings. The van der Waals surface area contributed by atoms with Gasteiger partial charge in [-0.15, -0.1) is 0 Å². The molecule has 0 saturated carbocycles. The van der Waals surface area contributed by atoms with Gasteiger partial charge in [-0.25, -0.2) is 4.79 Å². The molecular formula is C27H35N3O4S. The number of rotatable bonds is 8. The fraction of sp³-hybridized carbons (Fsp3) is 0.481. The van der Waals surface area contributed by atoms with Crippen LogP contribution in [0.25, 0.3) is 0 Å². The van der Waals surface area contributed by atoms with Crippen LogP contribution in [0.1, 0.15) is 42.0 Å². The smallest absolute Gasteiger partial charge is 0.318 e. The Kier molecular flexibility index (Phi) is 8.44. The summed E-state index contributed by atoms with van der Waals surface area (Å²) in [6.45, 7) is 2.09. The van der Waals surface area contributed by atoms with Gasteiger partial charge in [0.1, 0.15) is 6.04 Å². The van der Waals surface area contributed by atoms with Crippen molar-refractivity contribution in [1.82, 2.24) is 15.1 Å². The highest BCUT2D eigenvalue weighted by Gasteiger charge is 2.36. The van der Waals surface area contributed by atoms with Crippen LogP contribution in [0.3, 0.4) is 0 Å². The lowest BCUT2D eigenvalue weighted by atomic mass is 9.88. The molecule has 1 fully saturated rings. The fourth-order valence-electron chi connectivity index (χ4n) is 5.04. The molecule has 0 radical (unpaired) electrons. The molecular weight excluding hydrogens is 462 g/mol. The van der Waals surface area contributed by atoms with Gasteiger partial charge < -0.3 is 24.6 Å². The molecule has 2 heterocycles. The molecule has 0 spiro atoms. The van der Waals surface area contributed by atoms with Crippen LogP contribution < -0.4 is 14.8 Å². The van der Waals surface area contributed by atoms with Crippen LogP contribution in [0, 0.1) is 0 Å². The number of nitrogens with one attached hydrogen (secondary N) is 1. The zero-order chi connectivity index (χ0) is 24.8. The van der Waals surface area contributed by atoms with E-state index in [0.29, 0.717) is 30.9 Å². The topological polar surface area (TPSA) is 71.1 Å². The molecule has 188 valence electrons. The van der Waals surface area contributed by atoms with Gasteiger partial charge in [0.2, 0.25) is 5.91 Å². The molecule has 35 heavy (non-hydrogen) atoms. The van der Waals surface area contributed by atoms with Gasteiger partial charge in [0.15, 0.2) is 11.5 Å². The average Bonchev–Trinajstić information content (AvgIpc) is 3.44. The monoisotopic (exact) mass is 497 g/mol. The van der Waals surface area contributed by atoms with E-state index in [0.717, 1.165) is 48.4 Å². The Bertz CT molecular complexity index is 1030. The van der Waals surface area contributed by atoms with E-state index in [1.807, 2.05) is 58.5 Å². The second kappa shape index (κ2) is 11.7.